The zero-order valence-corrected chi connectivity index (χ0v) is 26.9. The Bertz CT molecular complexity index is 1580. The van der Waals surface area contributed by atoms with Gasteiger partial charge in [-0.1, -0.05) is 54.1 Å². The number of allylic oxidation sites excluding steroid dienone is 2. The fourth-order valence-electron chi connectivity index (χ4n) is 5.22. The fourth-order valence-corrected chi connectivity index (χ4v) is 5.90. The number of halogens is 2. The number of pyridine rings is 2. The second-order valence-electron chi connectivity index (χ2n) is 11.0. The summed E-state index contributed by atoms with van der Waals surface area (Å²) in [6.07, 6.45) is 6.65. The van der Waals surface area contributed by atoms with Gasteiger partial charge in [0.15, 0.2) is 0 Å². The van der Waals surface area contributed by atoms with Gasteiger partial charge < -0.3 is 35.3 Å². The first-order valence-electron chi connectivity index (χ1n) is 14.6. The second kappa shape index (κ2) is 14.7. The summed E-state index contributed by atoms with van der Waals surface area (Å²) in [4.78, 5) is 23.3. The summed E-state index contributed by atoms with van der Waals surface area (Å²) in [6.45, 7) is 4.38. The molecule has 0 spiro atoms. The maximum Gasteiger partial charge on any atom is 0.271 e. The molecule has 1 aliphatic heterocycles. The van der Waals surface area contributed by atoms with Gasteiger partial charge in [-0.3, -0.25) is 9.78 Å². The number of ether oxygens (including phenoxy) is 3. The molecule has 2 unspecified atom stereocenters. The van der Waals surface area contributed by atoms with Crippen LogP contribution < -0.4 is 25.4 Å². The first kappa shape index (κ1) is 32.9. The molecule has 4 N–H and O–H groups in total. The number of hydrogen-bond acceptors (Lipinski definition) is 9. The predicted molar refractivity (Wildman–Crippen MR) is 174 cm³/mol. The van der Waals surface area contributed by atoms with Crippen molar-refractivity contribution >= 4 is 34.7 Å². The van der Waals surface area contributed by atoms with Crippen LogP contribution in [0.5, 0.6) is 11.6 Å². The van der Waals surface area contributed by atoms with Gasteiger partial charge in [0.05, 0.1) is 50.7 Å². The van der Waals surface area contributed by atoms with Gasteiger partial charge in [-0.15, -0.1) is 11.6 Å². The highest BCUT2D eigenvalue weighted by Gasteiger charge is 2.45. The zero-order chi connectivity index (χ0) is 32.0. The maximum atomic E-state index is 14.0. The van der Waals surface area contributed by atoms with E-state index in [1.807, 2.05) is 48.6 Å². The van der Waals surface area contributed by atoms with E-state index in [1.54, 1.807) is 32.4 Å². The third-order valence-corrected chi connectivity index (χ3v) is 8.65. The highest BCUT2D eigenvalue weighted by Crippen LogP contribution is 2.43. The van der Waals surface area contributed by atoms with Crippen LogP contribution in [0.4, 0.5) is 0 Å². The van der Waals surface area contributed by atoms with E-state index in [0.29, 0.717) is 60.8 Å². The van der Waals surface area contributed by atoms with Crippen LogP contribution in [0.15, 0.2) is 66.9 Å². The average Bonchev–Trinajstić information content (AvgIpc) is 3.01. The molecule has 0 saturated carbocycles. The van der Waals surface area contributed by atoms with E-state index in [-0.39, 0.29) is 11.7 Å². The van der Waals surface area contributed by atoms with Gasteiger partial charge >= 0.3 is 0 Å². The minimum absolute atomic E-state index is 0.152. The van der Waals surface area contributed by atoms with E-state index < -0.39 is 22.9 Å². The molecule has 1 aliphatic carbocycles. The van der Waals surface area contributed by atoms with Crippen molar-refractivity contribution in [2.24, 2.45) is 0 Å². The van der Waals surface area contributed by atoms with E-state index in [0.717, 1.165) is 16.7 Å². The molecule has 2 aliphatic rings. The van der Waals surface area contributed by atoms with Crippen LogP contribution >= 0.6 is 23.2 Å². The molecule has 1 aromatic carbocycles. The van der Waals surface area contributed by atoms with Crippen molar-refractivity contribution in [3.8, 4) is 11.6 Å². The third kappa shape index (κ3) is 7.33. The number of nitrogens with zero attached hydrogens (tertiary/aromatic N) is 2. The number of alkyl halides is 1. The normalized spacial score (nSPS) is 20.2. The smallest absolute Gasteiger partial charge is 0.271 e. The van der Waals surface area contributed by atoms with Gasteiger partial charge in [0.1, 0.15) is 17.0 Å². The first-order valence-corrected chi connectivity index (χ1v) is 15.4. The molecule has 0 radical (unpaired) electrons. The molecule has 3 aromatic rings. The summed E-state index contributed by atoms with van der Waals surface area (Å²) >= 11 is 13.9. The number of rotatable bonds is 13. The molecular weight excluding hydrogens is 617 g/mol. The van der Waals surface area contributed by atoms with Crippen LogP contribution in [0.2, 0.25) is 5.02 Å². The van der Waals surface area contributed by atoms with Crippen molar-refractivity contribution in [1.82, 2.24) is 25.9 Å². The minimum Gasteiger partial charge on any atom is -0.496 e. The van der Waals surface area contributed by atoms with Gasteiger partial charge in [0.2, 0.25) is 5.88 Å². The standard InChI is InChI=1S/C33H37Cl2N5O5/c1-20(41)14-36-15-21-10-11-29(39-32(21)44-3)33(12-6-8-25(30(33)35)24-7-4-5-9-26(24)34)40-31(42)27-13-28(43-2)22(17-38-27)16-37-23-18-45-19-23/h4-13,17,20,23,30,36-37,41H,14-16,18-19H2,1-3H3,(H,40,42)/t20?,30-,33?/m0/s1. The summed E-state index contributed by atoms with van der Waals surface area (Å²) in [5.41, 5.74) is 2.33. The summed E-state index contributed by atoms with van der Waals surface area (Å²) < 4.78 is 16.5. The number of amides is 1. The minimum atomic E-state index is -1.32. The van der Waals surface area contributed by atoms with Crippen molar-refractivity contribution in [1.29, 1.82) is 0 Å². The average molecular weight is 655 g/mol. The number of nitrogens with one attached hydrogen (secondary N) is 3. The molecule has 10 nitrogen and oxygen atoms in total. The van der Waals surface area contributed by atoms with Crippen molar-refractivity contribution in [3.63, 3.8) is 0 Å². The Labute approximate surface area is 272 Å². The van der Waals surface area contributed by atoms with Gasteiger partial charge in [-0.2, -0.15) is 0 Å². The number of aliphatic hydroxyl groups is 1. The maximum absolute atomic E-state index is 14.0. The quantitative estimate of drug-likeness (QED) is 0.203. The summed E-state index contributed by atoms with van der Waals surface area (Å²) in [7, 11) is 3.09. The van der Waals surface area contributed by atoms with E-state index in [9.17, 15) is 9.90 Å². The lowest BCUT2D eigenvalue weighted by Gasteiger charge is -2.39. The van der Waals surface area contributed by atoms with Gasteiger partial charge in [-0.05, 0) is 30.2 Å². The predicted octanol–water partition coefficient (Wildman–Crippen LogP) is 3.99. The molecule has 3 heterocycles. The van der Waals surface area contributed by atoms with E-state index >= 15 is 0 Å². The van der Waals surface area contributed by atoms with Crippen LogP contribution in [-0.4, -0.2) is 72.5 Å². The van der Waals surface area contributed by atoms with Crippen LogP contribution in [0, 0.1) is 0 Å². The van der Waals surface area contributed by atoms with Crippen molar-refractivity contribution in [2.45, 2.75) is 43.1 Å². The molecule has 1 fully saturated rings. The topological polar surface area (TPSA) is 127 Å². The molecule has 1 saturated heterocycles. The Kier molecular flexibility index (Phi) is 10.8. The Hall–Kier alpha value is -3.51. The molecule has 45 heavy (non-hydrogen) atoms. The lowest BCUT2D eigenvalue weighted by Crippen LogP contribution is -2.52. The number of hydrogen-bond donors (Lipinski definition) is 4. The van der Waals surface area contributed by atoms with Crippen LogP contribution in [0.25, 0.3) is 5.57 Å². The number of methoxy groups -OCH3 is 2. The summed E-state index contributed by atoms with van der Waals surface area (Å²) in [5.74, 6) is 0.419. The summed E-state index contributed by atoms with van der Waals surface area (Å²) in [5, 5.41) is 19.1. The largest absolute Gasteiger partial charge is 0.496 e. The van der Waals surface area contributed by atoms with E-state index in [4.69, 9.17) is 42.4 Å². The van der Waals surface area contributed by atoms with Gasteiger partial charge in [0.25, 0.3) is 5.91 Å². The van der Waals surface area contributed by atoms with E-state index in [2.05, 4.69) is 20.9 Å². The van der Waals surface area contributed by atoms with Crippen LogP contribution in [0.3, 0.4) is 0 Å². The number of aliphatic hydroxyl groups excluding tert-OH is 1. The SMILES string of the molecule is COc1cc(C(=O)NC2(c3ccc(CNCC(C)O)c(OC)n3)C=CC=C(c3ccccc3Cl)[C@@H]2Cl)ncc1CNC1COC1. The zero-order valence-electron chi connectivity index (χ0n) is 25.3. The summed E-state index contributed by atoms with van der Waals surface area (Å²) in [6, 6.07) is 13.0. The molecular formula is C33H37Cl2N5O5. The number of aromatic nitrogens is 2. The highest BCUT2D eigenvalue weighted by atomic mass is 35.5. The van der Waals surface area contributed by atoms with Crippen LogP contribution in [0.1, 0.15) is 39.8 Å². The Morgan fingerprint density at radius 2 is 1.96 bits per heavy atom. The Morgan fingerprint density at radius 1 is 1.16 bits per heavy atom. The van der Waals surface area contributed by atoms with Crippen molar-refractivity contribution in [2.75, 3.05) is 34.0 Å². The lowest BCUT2D eigenvalue weighted by atomic mass is 9.80. The van der Waals surface area contributed by atoms with Crippen molar-refractivity contribution in [3.05, 3.63) is 100.0 Å². The number of benzene rings is 1. The molecule has 0 bridgehead atoms. The highest BCUT2D eigenvalue weighted by molar-refractivity contribution is 6.34. The molecule has 5 rings (SSSR count). The number of carbonyl (C=O) groups is 1. The van der Waals surface area contributed by atoms with Crippen molar-refractivity contribution < 1.29 is 24.1 Å². The number of carbonyl (C=O) groups excluding carboxylic acids is 1. The molecule has 238 valence electrons. The fraction of sp³-hybridized carbons (Fsp3) is 0.364. The molecule has 12 heteroatoms. The van der Waals surface area contributed by atoms with Gasteiger partial charge in [0, 0.05) is 48.0 Å². The molecule has 3 atom stereocenters. The van der Waals surface area contributed by atoms with Gasteiger partial charge in [-0.25, -0.2) is 4.98 Å². The lowest BCUT2D eigenvalue weighted by molar-refractivity contribution is -0.00585. The van der Waals surface area contributed by atoms with Crippen LogP contribution in [-0.2, 0) is 23.4 Å². The molecule has 2 aromatic heterocycles. The first-order chi connectivity index (χ1) is 21.8. The Balaban J connectivity index is 1.50. The monoisotopic (exact) mass is 653 g/mol. The molecule has 1 amide bonds. The third-order valence-electron chi connectivity index (χ3n) is 7.74. The van der Waals surface area contributed by atoms with E-state index in [1.165, 1.54) is 7.11 Å². The Morgan fingerprint density at radius 3 is 2.64 bits per heavy atom. The second-order valence-corrected chi connectivity index (χ2v) is 11.8.